The molecule has 3 aromatic carbocycles. The first kappa shape index (κ1) is 15.5. The predicted molar refractivity (Wildman–Crippen MR) is 98.9 cm³/mol. The maximum absolute atomic E-state index is 12.4. The fraction of sp³-hybridized carbons (Fsp3) is 0.136. The minimum Gasteiger partial charge on any atom is -0.464 e. The first-order chi connectivity index (χ1) is 12.2. The van der Waals surface area contributed by atoms with Crippen LogP contribution in [0.25, 0.3) is 21.7 Å². The van der Waals surface area contributed by atoms with E-state index in [1.165, 1.54) is 5.56 Å². The second kappa shape index (κ2) is 6.44. The van der Waals surface area contributed by atoms with Crippen LogP contribution < -0.4 is 4.74 Å². The molecule has 0 N–H and O–H groups in total. The molecule has 4 rings (SSSR count). The summed E-state index contributed by atoms with van der Waals surface area (Å²) in [5.74, 6) is 0.269. The molecule has 0 saturated heterocycles. The molecule has 0 atom stereocenters. The minimum absolute atomic E-state index is 0.187. The van der Waals surface area contributed by atoms with Gasteiger partial charge in [-0.15, -0.1) is 0 Å². The van der Waals surface area contributed by atoms with Crippen LogP contribution in [0, 0.1) is 0 Å². The van der Waals surface area contributed by atoms with Crippen molar-refractivity contribution in [2.24, 2.45) is 0 Å². The predicted octanol–water partition coefficient (Wildman–Crippen LogP) is 5.30. The maximum Gasteiger partial charge on any atom is 0.315 e. The van der Waals surface area contributed by atoms with Crippen LogP contribution >= 0.6 is 0 Å². The van der Waals surface area contributed by atoms with Crippen molar-refractivity contribution < 1.29 is 13.9 Å². The van der Waals surface area contributed by atoms with Crippen LogP contribution in [0.4, 0.5) is 0 Å². The third-order valence-corrected chi connectivity index (χ3v) is 4.41. The Morgan fingerprint density at radius 3 is 2.68 bits per heavy atom. The monoisotopic (exact) mass is 330 g/mol. The maximum atomic E-state index is 12.4. The highest BCUT2D eigenvalue weighted by atomic mass is 16.5. The molecule has 0 amide bonds. The molecule has 25 heavy (non-hydrogen) atoms. The lowest BCUT2D eigenvalue weighted by molar-refractivity contribution is -0.133. The number of hydrogen-bond acceptors (Lipinski definition) is 3. The molecule has 1 heterocycles. The minimum atomic E-state index is -0.292. The molecule has 3 heteroatoms. The standard InChI is InChI=1S/C22H18O3/c1-2-15-7-10-21-20(11-15)18(14-24-21)13-22(23)25-19-9-8-16-5-3-4-6-17(16)12-19/h3-12,14H,2,13H2,1H3. The number of ether oxygens (including phenoxy) is 1. The van der Waals surface area contributed by atoms with E-state index in [0.717, 1.165) is 33.7 Å². The molecule has 124 valence electrons. The first-order valence-corrected chi connectivity index (χ1v) is 8.41. The van der Waals surface area contributed by atoms with Gasteiger partial charge in [0.05, 0.1) is 12.7 Å². The molecule has 0 fully saturated rings. The summed E-state index contributed by atoms with van der Waals surface area (Å²) in [6, 6.07) is 19.7. The summed E-state index contributed by atoms with van der Waals surface area (Å²) in [5, 5.41) is 3.15. The Morgan fingerprint density at radius 1 is 1.00 bits per heavy atom. The van der Waals surface area contributed by atoms with E-state index in [-0.39, 0.29) is 12.4 Å². The van der Waals surface area contributed by atoms with Gasteiger partial charge in [0.1, 0.15) is 11.3 Å². The van der Waals surface area contributed by atoms with Crippen molar-refractivity contribution >= 4 is 27.7 Å². The molecule has 0 bridgehead atoms. The van der Waals surface area contributed by atoms with Gasteiger partial charge < -0.3 is 9.15 Å². The van der Waals surface area contributed by atoms with Gasteiger partial charge in [-0.2, -0.15) is 0 Å². The molecule has 0 saturated carbocycles. The van der Waals surface area contributed by atoms with Gasteiger partial charge in [0, 0.05) is 10.9 Å². The number of hydrogen-bond donors (Lipinski definition) is 0. The van der Waals surface area contributed by atoms with E-state index >= 15 is 0 Å². The molecular weight excluding hydrogens is 312 g/mol. The van der Waals surface area contributed by atoms with Gasteiger partial charge in [-0.3, -0.25) is 4.79 Å². The van der Waals surface area contributed by atoms with E-state index in [2.05, 4.69) is 13.0 Å². The van der Waals surface area contributed by atoms with Gasteiger partial charge in [0.25, 0.3) is 0 Å². The fourth-order valence-corrected chi connectivity index (χ4v) is 3.04. The van der Waals surface area contributed by atoms with Crippen molar-refractivity contribution in [2.45, 2.75) is 19.8 Å². The number of aryl methyl sites for hydroxylation is 1. The molecule has 1 aromatic heterocycles. The lowest BCUT2D eigenvalue weighted by Gasteiger charge is -2.05. The summed E-state index contributed by atoms with van der Waals surface area (Å²) in [5.41, 5.74) is 2.87. The van der Waals surface area contributed by atoms with Crippen molar-refractivity contribution in [1.29, 1.82) is 0 Å². The SMILES string of the molecule is CCc1ccc2occ(CC(=O)Oc3ccc4ccccc4c3)c2c1. The van der Waals surface area contributed by atoms with E-state index in [0.29, 0.717) is 5.75 Å². The van der Waals surface area contributed by atoms with Gasteiger partial charge in [0.2, 0.25) is 0 Å². The summed E-state index contributed by atoms with van der Waals surface area (Å²) < 4.78 is 11.1. The Bertz CT molecular complexity index is 1060. The lowest BCUT2D eigenvalue weighted by atomic mass is 10.1. The molecule has 0 aliphatic carbocycles. The van der Waals surface area contributed by atoms with Gasteiger partial charge in [-0.05, 0) is 47.0 Å². The number of carbonyl (C=O) groups is 1. The molecule has 0 aliphatic heterocycles. The number of carbonyl (C=O) groups excluding carboxylic acids is 1. The second-order valence-corrected chi connectivity index (χ2v) is 6.10. The second-order valence-electron chi connectivity index (χ2n) is 6.10. The van der Waals surface area contributed by atoms with Crippen molar-refractivity contribution in [3.63, 3.8) is 0 Å². The molecular formula is C22H18O3. The van der Waals surface area contributed by atoms with Crippen molar-refractivity contribution in [2.75, 3.05) is 0 Å². The van der Waals surface area contributed by atoms with Crippen LogP contribution in [-0.4, -0.2) is 5.97 Å². The van der Waals surface area contributed by atoms with Crippen LogP contribution in [0.3, 0.4) is 0 Å². The number of rotatable bonds is 4. The van der Waals surface area contributed by atoms with Gasteiger partial charge >= 0.3 is 5.97 Å². The lowest BCUT2D eigenvalue weighted by Crippen LogP contribution is -2.10. The number of benzene rings is 3. The average Bonchev–Trinajstić information content (AvgIpc) is 3.03. The van der Waals surface area contributed by atoms with Crippen LogP contribution in [0.1, 0.15) is 18.1 Å². The smallest absolute Gasteiger partial charge is 0.315 e. The summed E-state index contributed by atoms with van der Waals surface area (Å²) in [4.78, 5) is 12.4. The zero-order valence-electron chi connectivity index (χ0n) is 14.0. The Hall–Kier alpha value is -3.07. The molecule has 0 unspecified atom stereocenters. The van der Waals surface area contributed by atoms with Crippen molar-refractivity contribution in [1.82, 2.24) is 0 Å². The summed E-state index contributed by atoms with van der Waals surface area (Å²) in [7, 11) is 0. The number of furan rings is 1. The highest BCUT2D eigenvalue weighted by Gasteiger charge is 2.13. The number of fused-ring (bicyclic) bond motifs is 2. The summed E-state index contributed by atoms with van der Waals surface area (Å²) in [6.45, 7) is 2.11. The Morgan fingerprint density at radius 2 is 1.84 bits per heavy atom. The van der Waals surface area contributed by atoms with Gasteiger partial charge in [-0.25, -0.2) is 0 Å². The van der Waals surface area contributed by atoms with E-state index < -0.39 is 0 Å². The molecule has 0 spiro atoms. The zero-order valence-corrected chi connectivity index (χ0v) is 14.0. The summed E-state index contributed by atoms with van der Waals surface area (Å²) >= 11 is 0. The van der Waals surface area contributed by atoms with Gasteiger partial charge in [-0.1, -0.05) is 43.3 Å². The van der Waals surface area contributed by atoms with Crippen molar-refractivity contribution in [3.05, 3.63) is 78.1 Å². The molecule has 3 nitrogen and oxygen atoms in total. The third kappa shape index (κ3) is 3.13. The van der Waals surface area contributed by atoms with Crippen LogP contribution in [-0.2, 0) is 17.6 Å². The van der Waals surface area contributed by atoms with E-state index in [4.69, 9.17) is 9.15 Å². The quantitative estimate of drug-likeness (QED) is 0.377. The summed E-state index contributed by atoms with van der Waals surface area (Å²) in [6.07, 6.45) is 2.78. The van der Waals surface area contributed by atoms with Crippen LogP contribution in [0.15, 0.2) is 71.3 Å². The molecule has 0 aliphatic rings. The Balaban J connectivity index is 1.55. The van der Waals surface area contributed by atoms with Crippen LogP contribution in [0.5, 0.6) is 5.75 Å². The number of esters is 1. The van der Waals surface area contributed by atoms with E-state index in [1.807, 2.05) is 54.6 Å². The molecule has 0 radical (unpaired) electrons. The van der Waals surface area contributed by atoms with E-state index in [1.54, 1.807) is 6.26 Å². The largest absolute Gasteiger partial charge is 0.464 e. The highest BCUT2D eigenvalue weighted by Crippen LogP contribution is 2.25. The molecule has 4 aromatic rings. The van der Waals surface area contributed by atoms with Crippen molar-refractivity contribution in [3.8, 4) is 5.75 Å². The zero-order chi connectivity index (χ0) is 17.2. The Kier molecular flexibility index (Phi) is 3.98. The highest BCUT2D eigenvalue weighted by molar-refractivity contribution is 5.88. The topological polar surface area (TPSA) is 39.4 Å². The van der Waals surface area contributed by atoms with E-state index in [9.17, 15) is 4.79 Å². The van der Waals surface area contributed by atoms with Crippen LogP contribution in [0.2, 0.25) is 0 Å². The fourth-order valence-electron chi connectivity index (χ4n) is 3.04. The van der Waals surface area contributed by atoms with Gasteiger partial charge in [0.15, 0.2) is 0 Å². The Labute approximate surface area is 145 Å². The normalized spacial score (nSPS) is 11.1. The first-order valence-electron chi connectivity index (χ1n) is 8.41. The average molecular weight is 330 g/mol. The third-order valence-electron chi connectivity index (χ3n) is 4.41.